The van der Waals surface area contributed by atoms with Crippen molar-refractivity contribution in [1.82, 2.24) is 9.13 Å². The second-order valence-corrected chi connectivity index (χ2v) is 11.5. The number of carboxylic acids is 2. The van der Waals surface area contributed by atoms with Crippen LogP contribution in [-0.4, -0.2) is 72.8 Å². The van der Waals surface area contributed by atoms with Crippen molar-refractivity contribution in [2.45, 2.75) is 25.8 Å². The molecule has 2 heterocycles. The van der Waals surface area contributed by atoms with Gasteiger partial charge in [-0.05, 0) is 31.5 Å². The van der Waals surface area contributed by atoms with Gasteiger partial charge in [-0.2, -0.15) is 0 Å². The number of benzene rings is 3. The van der Waals surface area contributed by atoms with E-state index in [1.807, 2.05) is 30.3 Å². The Balaban J connectivity index is 0.000000244. The fourth-order valence-corrected chi connectivity index (χ4v) is 6.23. The molecule has 0 bridgehead atoms. The molecule has 0 aliphatic rings. The lowest BCUT2D eigenvalue weighted by Gasteiger charge is -2.10. The zero-order valence-corrected chi connectivity index (χ0v) is 29.0. The SMILES string of the molecule is Cc1c(C(=O)C(N)=O)c2c(OCC(=O)O)cc([N+](=O)[O-])cc2n1Cc1ccccc1.Cc1c(C(=O)C(N)=O)c2c(OCC(=O)O)cccc2n1CBr. The standard InChI is InChI=1S/C20H17N3O7.C14H13BrN2O5/c1-11-17(19(26)20(21)27)18-14(22(11)9-12-5-3-2-4-6-12)7-13(23(28)29)8-15(18)30-10-16(24)25;1-7-11(13(20)14(16)21)12-8(17(7)6-15)3-2-4-9(12)22-5-10(18)19/h2-8H,9-10H2,1H3,(H2,21,27)(H,24,25);2-4H,5-6H2,1H3,(H2,16,21)(H,18,19). The highest BCUT2D eigenvalue weighted by Gasteiger charge is 2.29. The Bertz CT molecular complexity index is 2280. The monoisotopic (exact) mass is 779 g/mol. The third-order valence-corrected chi connectivity index (χ3v) is 8.30. The summed E-state index contributed by atoms with van der Waals surface area (Å²) in [6.45, 7) is 2.16. The Morgan fingerprint density at radius 3 is 1.77 bits per heavy atom. The van der Waals surface area contributed by atoms with Gasteiger partial charge in [0.15, 0.2) is 13.2 Å². The van der Waals surface area contributed by atoms with Crippen LogP contribution in [0.2, 0.25) is 0 Å². The molecule has 17 nitrogen and oxygen atoms in total. The number of ketones is 2. The minimum atomic E-state index is -1.31. The highest BCUT2D eigenvalue weighted by Crippen LogP contribution is 2.38. The zero-order chi connectivity index (χ0) is 38.4. The first-order valence-electron chi connectivity index (χ1n) is 15.0. The number of hydrogen-bond acceptors (Lipinski definition) is 10. The van der Waals surface area contributed by atoms with E-state index in [2.05, 4.69) is 15.9 Å². The highest BCUT2D eigenvalue weighted by atomic mass is 79.9. The van der Waals surface area contributed by atoms with Gasteiger partial charge in [0.1, 0.15) is 11.5 Å². The van der Waals surface area contributed by atoms with Crippen LogP contribution in [0.1, 0.15) is 37.7 Å². The number of hydrogen-bond donors (Lipinski definition) is 4. The van der Waals surface area contributed by atoms with E-state index in [4.69, 9.17) is 31.2 Å². The summed E-state index contributed by atoms with van der Waals surface area (Å²) < 4.78 is 13.9. The summed E-state index contributed by atoms with van der Waals surface area (Å²) in [6, 6.07) is 16.4. The number of nitrogens with two attached hydrogens (primary N) is 2. The third-order valence-electron chi connectivity index (χ3n) is 7.80. The number of halogens is 1. The number of primary amides is 2. The van der Waals surface area contributed by atoms with E-state index in [-0.39, 0.29) is 45.8 Å². The fourth-order valence-electron chi connectivity index (χ4n) is 5.58. The number of nitro groups is 1. The average molecular weight is 781 g/mol. The number of aliphatic carboxylic acids is 2. The van der Waals surface area contributed by atoms with Crippen molar-refractivity contribution in [2.24, 2.45) is 11.5 Å². The van der Waals surface area contributed by atoms with Gasteiger partial charge < -0.3 is 40.3 Å². The van der Waals surface area contributed by atoms with Gasteiger partial charge in [0.2, 0.25) is 0 Å². The average Bonchev–Trinajstić information content (AvgIpc) is 3.55. The first kappa shape index (κ1) is 38.2. The highest BCUT2D eigenvalue weighted by molar-refractivity contribution is 9.08. The van der Waals surface area contributed by atoms with Gasteiger partial charge in [0, 0.05) is 24.0 Å². The molecule has 18 heteroatoms. The quantitative estimate of drug-likeness (QED) is 0.0415. The Labute approximate surface area is 301 Å². The van der Waals surface area contributed by atoms with E-state index in [1.165, 1.54) is 6.07 Å². The first-order chi connectivity index (χ1) is 24.6. The minimum absolute atomic E-state index is 0.0799. The number of ether oxygens (including phenoxy) is 2. The Hall–Kier alpha value is -6.56. The van der Waals surface area contributed by atoms with Crippen LogP contribution in [0.3, 0.4) is 0 Å². The van der Waals surface area contributed by atoms with Crippen LogP contribution in [0.4, 0.5) is 5.69 Å². The molecule has 0 atom stereocenters. The number of nitro benzene ring substituents is 1. The number of carbonyl (C=O) groups excluding carboxylic acids is 4. The second-order valence-electron chi connectivity index (χ2n) is 11.0. The molecule has 3 aromatic carbocycles. The zero-order valence-electron chi connectivity index (χ0n) is 27.5. The van der Waals surface area contributed by atoms with Gasteiger partial charge in [-0.1, -0.05) is 52.3 Å². The first-order valence-corrected chi connectivity index (χ1v) is 16.1. The number of alkyl halides is 1. The van der Waals surface area contributed by atoms with E-state index in [9.17, 15) is 38.9 Å². The molecule has 0 fully saturated rings. The molecule has 52 heavy (non-hydrogen) atoms. The summed E-state index contributed by atoms with van der Waals surface area (Å²) in [5, 5.41) is 29.6. The number of rotatable bonds is 14. The molecule has 2 amide bonds. The van der Waals surface area contributed by atoms with Crippen molar-refractivity contribution in [2.75, 3.05) is 13.2 Å². The van der Waals surface area contributed by atoms with E-state index in [0.717, 1.165) is 11.6 Å². The molecule has 270 valence electrons. The topological polar surface area (TPSA) is 266 Å². The Kier molecular flexibility index (Phi) is 11.8. The van der Waals surface area contributed by atoms with Gasteiger partial charge in [-0.15, -0.1) is 0 Å². The number of Topliss-reactive ketones (excluding diaryl/α,β-unsaturated/α-hetero) is 2. The van der Waals surface area contributed by atoms with Gasteiger partial charge in [0.05, 0.1) is 49.4 Å². The molecular weight excluding hydrogens is 750 g/mol. The Morgan fingerprint density at radius 2 is 1.27 bits per heavy atom. The van der Waals surface area contributed by atoms with E-state index in [0.29, 0.717) is 27.7 Å². The largest absolute Gasteiger partial charge is 0.481 e. The molecule has 0 saturated heterocycles. The maximum atomic E-state index is 12.6. The molecule has 0 unspecified atom stereocenters. The molecule has 0 aliphatic carbocycles. The van der Waals surface area contributed by atoms with Crippen LogP contribution in [0.25, 0.3) is 21.8 Å². The van der Waals surface area contributed by atoms with Crippen molar-refractivity contribution < 1.29 is 53.4 Å². The predicted octanol–water partition coefficient (Wildman–Crippen LogP) is 3.47. The summed E-state index contributed by atoms with van der Waals surface area (Å²) in [4.78, 5) is 80.0. The smallest absolute Gasteiger partial charge is 0.341 e. The van der Waals surface area contributed by atoms with Gasteiger partial charge >= 0.3 is 11.9 Å². The van der Waals surface area contributed by atoms with Crippen molar-refractivity contribution in [3.05, 3.63) is 98.9 Å². The van der Waals surface area contributed by atoms with Crippen LogP contribution in [0, 0.1) is 24.0 Å². The molecule has 0 radical (unpaired) electrons. The van der Waals surface area contributed by atoms with Crippen LogP contribution in [0.15, 0.2) is 60.7 Å². The van der Waals surface area contributed by atoms with E-state index >= 15 is 0 Å². The van der Waals surface area contributed by atoms with Crippen molar-refractivity contribution in [3.63, 3.8) is 0 Å². The molecular formula is C34H30BrN5O12. The normalized spacial score (nSPS) is 10.7. The number of fused-ring (bicyclic) bond motifs is 2. The summed E-state index contributed by atoms with van der Waals surface area (Å²) in [5.74, 6) is -6.56. The Morgan fingerprint density at radius 1 is 0.750 bits per heavy atom. The maximum Gasteiger partial charge on any atom is 0.341 e. The number of amides is 2. The second kappa shape index (κ2) is 16.0. The molecule has 0 aliphatic heterocycles. The van der Waals surface area contributed by atoms with Gasteiger partial charge in [-0.25, -0.2) is 9.59 Å². The van der Waals surface area contributed by atoms with Gasteiger partial charge in [-0.3, -0.25) is 29.3 Å². The van der Waals surface area contributed by atoms with Crippen LogP contribution < -0.4 is 20.9 Å². The molecule has 5 rings (SSSR count). The fraction of sp³-hybridized carbons (Fsp3) is 0.176. The van der Waals surface area contributed by atoms with Gasteiger partial charge in [0.25, 0.3) is 29.1 Å². The molecule has 5 aromatic rings. The molecule has 2 aromatic heterocycles. The molecule has 0 spiro atoms. The number of non-ortho nitro benzene ring substituents is 1. The number of carbonyl (C=O) groups is 6. The minimum Gasteiger partial charge on any atom is -0.481 e. The lowest BCUT2D eigenvalue weighted by molar-refractivity contribution is -0.384. The van der Waals surface area contributed by atoms with Crippen LogP contribution >= 0.6 is 15.9 Å². The number of aromatic nitrogens is 2. The lowest BCUT2D eigenvalue weighted by atomic mass is 10.0. The predicted molar refractivity (Wildman–Crippen MR) is 188 cm³/mol. The number of nitrogens with zero attached hydrogens (tertiary/aromatic N) is 3. The summed E-state index contributed by atoms with van der Waals surface area (Å²) in [6.07, 6.45) is 0. The third kappa shape index (κ3) is 7.91. The van der Waals surface area contributed by atoms with Crippen LogP contribution in [0.5, 0.6) is 11.5 Å². The van der Waals surface area contributed by atoms with Crippen LogP contribution in [-0.2, 0) is 31.2 Å². The molecule has 6 N–H and O–H groups in total. The van der Waals surface area contributed by atoms with Crippen molar-refractivity contribution in [3.8, 4) is 11.5 Å². The molecule has 0 saturated carbocycles. The maximum absolute atomic E-state index is 12.6. The van der Waals surface area contributed by atoms with Crippen molar-refractivity contribution in [1.29, 1.82) is 0 Å². The number of carboxylic acid groups (broad SMARTS) is 2. The van der Waals surface area contributed by atoms with E-state index < -0.39 is 53.5 Å². The lowest BCUT2D eigenvalue weighted by Crippen LogP contribution is -2.24. The van der Waals surface area contributed by atoms with E-state index in [1.54, 1.807) is 41.2 Å². The summed E-state index contributed by atoms with van der Waals surface area (Å²) in [7, 11) is 0. The summed E-state index contributed by atoms with van der Waals surface area (Å²) in [5.41, 5.74) is 13.0. The van der Waals surface area contributed by atoms with Crippen molar-refractivity contribution >= 4 is 78.7 Å². The summed E-state index contributed by atoms with van der Waals surface area (Å²) >= 11 is 3.32.